The Morgan fingerprint density at radius 3 is 2.59 bits per heavy atom. The Morgan fingerprint density at radius 2 is 2.06 bits per heavy atom. The highest BCUT2D eigenvalue weighted by Gasteiger charge is 2.12. The van der Waals surface area contributed by atoms with Gasteiger partial charge in [-0.15, -0.1) is 0 Å². The molecule has 0 unspecified atom stereocenters. The molecule has 0 aliphatic rings. The predicted molar refractivity (Wildman–Crippen MR) is 70.2 cm³/mol. The van der Waals surface area contributed by atoms with Crippen molar-refractivity contribution in [1.29, 1.82) is 0 Å². The molecule has 0 aliphatic carbocycles. The van der Waals surface area contributed by atoms with Gasteiger partial charge < -0.3 is 10.9 Å². The maximum Gasteiger partial charge on any atom is 0.170 e. The van der Waals surface area contributed by atoms with Crippen molar-refractivity contribution < 1.29 is 5.21 Å². The molecule has 0 radical (unpaired) electrons. The lowest BCUT2D eigenvalue weighted by Crippen LogP contribution is -2.31. The minimum Gasteiger partial charge on any atom is -0.409 e. The highest BCUT2D eigenvalue weighted by atomic mass is 16.4. The smallest absolute Gasteiger partial charge is 0.170 e. The number of hydrogen-bond donors (Lipinski definition) is 2. The van der Waals surface area contributed by atoms with Gasteiger partial charge in [0.25, 0.3) is 0 Å². The molecule has 94 valence electrons. The van der Waals surface area contributed by atoms with Gasteiger partial charge in [-0.2, -0.15) is 0 Å². The van der Waals surface area contributed by atoms with Crippen LogP contribution in [0.1, 0.15) is 31.9 Å². The van der Waals surface area contributed by atoms with E-state index in [2.05, 4.69) is 30.8 Å². The van der Waals surface area contributed by atoms with Crippen LogP contribution in [-0.2, 0) is 6.54 Å². The van der Waals surface area contributed by atoms with Crippen molar-refractivity contribution in [2.45, 2.75) is 33.4 Å². The molecule has 1 rings (SSSR count). The molecule has 0 spiro atoms. The average Bonchev–Trinajstić information content (AvgIpc) is 2.35. The van der Waals surface area contributed by atoms with Gasteiger partial charge in [0.05, 0.1) is 0 Å². The summed E-state index contributed by atoms with van der Waals surface area (Å²) in [5.41, 5.74) is 7.55. The van der Waals surface area contributed by atoms with E-state index in [4.69, 9.17) is 10.9 Å². The zero-order chi connectivity index (χ0) is 12.8. The normalized spacial score (nSPS) is 12.4. The predicted octanol–water partition coefficient (Wildman–Crippen LogP) is 2.01. The Balaban J connectivity index is 2.98. The molecular weight excluding hydrogens is 214 g/mol. The Labute approximate surface area is 103 Å². The maximum absolute atomic E-state index is 8.76. The van der Waals surface area contributed by atoms with Gasteiger partial charge in [-0.3, -0.25) is 4.90 Å². The van der Waals surface area contributed by atoms with Crippen LogP contribution in [0.2, 0.25) is 0 Å². The van der Waals surface area contributed by atoms with Crippen LogP contribution >= 0.6 is 0 Å². The lowest BCUT2D eigenvalue weighted by molar-refractivity contribution is 0.225. The minimum absolute atomic E-state index is 0.167. The third-order valence-corrected chi connectivity index (χ3v) is 2.91. The molecule has 4 heteroatoms. The summed E-state index contributed by atoms with van der Waals surface area (Å²) in [6, 6.07) is 8.22. The molecule has 0 atom stereocenters. The minimum atomic E-state index is 0.167. The van der Waals surface area contributed by atoms with E-state index < -0.39 is 0 Å². The molecule has 17 heavy (non-hydrogen) atoms. The summed E-state index contributed by atoms with van der Waals surface area (Å²) in [5, 5.41) is 11.8. The summed E-state index contributed by atoms with van der Waals surface area (Å²) in [4.78, 5) is 2.32. The van der Waals surface area contributed by atoms with Crippen molar-refractivity contribution >= 4 is 5.84 Å². The van der Waals surface area contributed by atoms with Gasteiger partial charge in [0.1, 0.15) is 0 Å². The first kappa shape index (κ1) is 13.5. The van der Waals surface area contributed by atoms with E-state index >= 15 is 0 Å². The van der Waals surface area contributed by atoms with Crippen LogP contribution in [-0.4, -0.2) is 28.5 Å². The van der Waals surface area contributed by atoms with Crippen LogP contribution < -0.4 is 5.73 Å². The molecule has 0 fully saturated rings. The van der Waals surface area contributed by atoms with E-state index in [9.17, 15) is 0 Å². The molecule has 0 bridgehead atoms. The van der Waals surface area contributed by atoms with Crippen molar-refractivity contribution in [2.24, 2.45) is 10.9 Å². The zero-order valence-electron chi connectivity index (χ0n) is 10.7. The molecule has 4 nitrogen and oxygen atoms in total. The second-order valence-corrected chi connectivity index (χ2v) is 4.30. The number of nitrogens with two attached hydrogens (primary N) is 1. The molecular formula is C13H21N3O. The third kappa shape index (κ3) is 3.46. The Morgan fingerprint density at radius 1 is 1.41 bits per heavy atom. The molecule has 0 saturated carbocycles. The number of rotatable bonds is 5. The van der Waals surface area contributed by atoms with E-state index in [1.54, 1.807) is 0 Å². The fraction of sp³-hybridized carbons (Fsp3) is 0.462. The molecule has 0 heterocycles. The van der Waals surface area contributed by atoms with Crippen LogP contribution in [0.25, 0.3) is 0 Å². The zero-order valence-corrected chi connectivity index (χ0v) is 10.7. The van der Waals surface area contributed by atoms with Gasteiger partial charge in [0.15, 0.2) is 5.84 Å². The van der Waals surface area contributed by atoms with Crippen molar-refractivity contribution in [3.8, 4) is 0 Å². The first-order valence-corrected chi connectivity index (χ1v) is 5.90. The van der Waals surface area contributed by atoms with Gasteiger partial charge in [-0.25, -0.2) is 0 Å². The van der Waals surface area contributed by atoms with Gasteiger partial charge in [-0.1, -0.05) is 36.3 Å². The third-order valence-electron chi connectivity index (χ3n) is 2.91. The van der Waals surface area contributed by atoms with Gasteiger partial charge in [0, 0.05) is 18.2 Å². The Hall–Kier alpha value is -1.55. The molecule has 3 N–H and O–H groups in total. The highest BCUT2D eigenvalue weighted by Crippen LogP contribution is 2.13. The Kier molecular flexibility index (Phi) is 4.97. The fourth-order valence-electron chi connectivity index (χ4n) is 1.84. The van der Waals surface area contributed by atoms with Crippen molar-refractivity contribution in [3.05, 3.63) is 35.4 Å². The molecule has 0 aliphatic heterocycles. The molecule has 1 aromatic rings. The second kappa shape index (κ2) is 6.25. The summed E-state index contributed by atoms with van der Waals surface area (Å²) in [6.07, 6.45) is 0. The number of amidine groups is 1. The van der Waals surface area contributed by atoms with E-state index in [1.165, 1.54) is 0 Å². The summed E-state index contributed by atoms with van der Waals surface area (Å²) in [5.74, 6) is 0.167. The average molecular weight is 235 g/mol. The first-order chi connectivity index (χ1) is 8.10. The van der Waals surface area contributed by atoms with E-state index in [1.807, 2.05) is 24.3 Å². The monoisotopic (exact) mass is 235 g/mol. The molecule has 0 amide bonds. The fourth-order valence-corrected chi connectivity index (χ4v) is 1.84. The number of benzene rings is 1. The lowest BCUT2D eigenvalue weighted by atomic mass is 10.1. The van der Waals surface area contributed by atoms with Crippen LogP contribution in [0.3, 0.4) is 0 Å². The quantitative estimate of drug-likeness (QED) is 0.355. The van der Waals surface area contributed by atoms with Crippen LogP contribution in [0.4, 0.5) is 0 Å². The van der Waals surface area contributed by atoms with E-state index in [0.717, 1.165) is 24.2 Å². The topological polar surface area (TPSA) is 61.8 Å². The number of nitrogens with zero attached hydrogens (tertiary/aromatic N) is 2. The summed E-state index contributed by atoms with van der Waals surface area (Å²) in [7, 11) is 0. The second-order valence-electron chi connectivity index (χ2n) is 4.30. The Bertz CT molecular complexity index is 388. The van der Waals surface area contributed by atoms with E-state index in [0.29, 0.717) is 6.04 Å². The molecule has 0 aromatic heterocycles. The molecule has 0 saturated heterocycles. The number of oxime groups is 1. The lowest BCUT2D eigenvalue weighted by Gasteiger charge is -2.25. The SMILES string of the molecule is CCN(Cc1ccccc1/C(N)=N/O)C(C)C. The first-order valence-electron chi connectivity index (χ1n) is 5.90. The van der Waals surface area contributed by atoms with Gasteiger partial charge in [-0.05, 0) is 26.0 Å². The van der Waals surface area contributed by atoms with Gasteiger partial charge in [0.2, 0.25) is 0 Å². The highest BCUT2D eigenvalue weighted by molar-refractivity contribution is 5.98. The standard InChI is InChI=1S/C13H21N3O/c1-4-16(10(2)3)9-11-7-5-6-8-12(11)13(14)15-17/h5-8,10,17H,4,9H2,1-3H3,(H2,14,15). The van der Waals surface area contributed by atoms with E-state index in [-0.39, 0.29) is 5.84 Å². The van der Waals surface area contributed by atoms with Gasteiger partial charge >= 0.3 is 0 Å². The summed E-state index contributed by atoms with van der Waals surface area (Å²) >= 11 is 0. The molecule has 1 aromatic carbocycles. The largest absolute Gasteiger partial charge is 0.409 e. The van der Waals surface area contributed by atoms with Crippen LogP contribution in [0, 0.1) is 0 Å². The van der Waals surface area contributed by atoms with Crippen LogP contribution in [0.5, 0.6) is 0 Å². The number of hydrogen-bond acceptors (Lipinski definition) is 3. The maximum atomic E-state index is 8.76. The van der Waals surface area contributed by atoms with Crippen molar-refractivity contribution in [2.75, 3.05) is 6.54 Å². The van der Waals surface area contributed by atoms with Crippen molar-refractivity contribution in [3.63, 3.8) is 0 Å². The summed E-state index contributed by atoms with van der Waals surface area (Å²) in [6.45, 7) is 8.24. The van der Waals surface area contributed by atoms with Crippen molar-refractivity contribution in [1.82, 2.24) is 4.90 Å². The van der Waals surface area contributed by atoms with Crippen LogP contribution in [0.15, 0.2) is 29.4 Å². The summed E-state index contributed by atoms with van der Waals surface area (Å²) < 4.78 is 0.